The van der Waals surface area contributed by atoms with Crippen LogP contribution in [0.1, 0.15) is 15.2 Å². The number of hydrogen-bond donors (Lipinski definition) is 1. The molecule has 4 nitrogen and oxygen atoms in total. The van der Waals surface area contributed by atoms with Gasteiger partial charge in [0.05, 0.1) is 18.5 Å². The summed E-state index contributed by atoms with van der Waals surface area (Å²) in [5.74, 6) is 0.669. The standard InChI is InChI=1S/C33H24N2O2S/c1-37-26-18-16-23(17-19-26)27-20-28(24-10-6-3-7-11-24)35-33-29(27)30(34)32(38-33)31(36)25-14-12-22(13-15-25)21-8-4-2-5-9-21/h2-20H,34H2,1H3. The van der Waals surface area contributed by atoms with Gasteiger partial charge in [-0.3, -0.25) is 4.79 Å². The molecule has 0 aliphatic carbocycles. The predicted molar refractivity (Wildman–Crippen MR) is 157 cm³/mol. The third-order valence-corrected chi connectivity index (χ3v) is 7.73. The number of aromatic nitrogens is 1. The first-order chi connectivity index (χ1) is 18.6. The summed E-state index contributed by atoms with van der Waals surface area (Å²) >= 11 is 1.34. The van der Waals surface area contributed by atoms with E-state index in [0.29, 0.717) is 16.1 Å². The van der Waals surface area contributed by atoms with Crippen molar-refractivity contribution in [2.45, 2.75) is 0 Å². The molecule has 0 aliphatic rings. The lowest BCUT2D eigenvalue weighted by molar-refractivity contribution is 0.104. The number of nitrogens with two attached hydrogens (primary N) is 1. The molecule has 184 valence electrons. The van der Waals surface area contributed by atoms with Crippen molar-refractivity contribution >= 4 is 33.0 Å². The Morgan fingerprint density at radius 1 is 0.737 bits per heavy atom. The van der Waals surface area contributed by atoms with Crippen LogP contribution in [0.25, 0.3) is 43.7 Å². The van der Waals surface area contributed by atoms with Crippen molar-refractivity contribution in [3.8, 4) is 39.3 Å². The molecule has 0 saturated heterocycles. The molecule has 38 heavy (non-hydrogen) atoms. The van der Waals surface area contributed by atoms with Gasteiger partial charge in [-0.25, -0.2) is 4.98 Å². The fourth-order valence-corrected chi connectivity index (χ4v) is 5.70. The number of pyridine rings is 1. The highest BCUT2D eigenvalue weighted by Gasteiger charge is 2.22. The van der Waals surface area contributed by atoms with E-state index in [0.717, 1.165) is 49.5 Å². The molecule has 0 spiro atoms. The van der Waals surface area contributed by atoms with Crippen molar-refractivity contribution in [1.29, 1.82) is 0 Å². The number of nitrogen functional groups attached to an aromatic ring is 1. The van der Waals surface area contributed by atoms with Crippen LogP contribution in [-0.4, -0.2) is 17.9 Å². The van der Waals surface area contributed by atoms with Gasteiger partial charge in [0.2, 0.25) is 5.78 Å². The Morgan fingerprint density at radius 2 is 1.32 bits per heavy atom. The number of thiophene rings is 1. The summed E-state index contributed by atoms with van der Waals surface area (Å²) in [5, 5.41) is 0.795. The molecule has 6 aromatic rings. The second-order valence-corrected chi connectivity index (χ2v) is 9.95. The Hall–Kier alpha value is -4.74. The van der Waals surface area contributed by atoms with Crippen molar-refractivity contribution in [1.82, 2.24) is 4.98 Å². The summed E-state index contributed by atoms with van der Waals surface area (Å²) in [7, 11) is 1.65. The zero-order chi connectivity index (χ0) is 26.1. The quantitative estimate of drug-likeness (QED) is 0.229. The monoisotopic (exact) mass is 512 g/mol. The number of hydrogen-bond acceptors (Lipinski definition) is 5. The summed E-state index contributed by atoms with van der Waals surface area (Å²) in [6, 6.07) is 37.7. The van der Waals surface area contributed by atoms with Gasteiger partial charge in [0.15, 0.2) is 0 Å². The number of carbonyl (C=O) groups is 1. The van der Waals surface area contributed by atoms with Crippen molar-refractivity contribution in [3.63, 3.8) is 0 Å². The molecule has 2 heterocycles. The molecule has 0 saturated carbocycles. The van der Waals surface area contributed by atoms with Crippen LogP contribution in [-0.2, 0) is 0 Å². The molecular weight excluding hydrogens is 488 g/mol. The highest BCUT2D eigenvalue weighted by Crippen LogP contribution is 2.42. The van der Waals surface area contributed by atoms with E-state index in [4.69, 9.17) is 15.5 Å². The molecule has 0 bridgehead atoms. The van der Waals surface area contributed by atoms with Crippen LogP contribution < -0.4 is 10.5 Å². The molecule has 5 heteroatoms. The van der Waals surface area contributed by atoms with Gasteiger partial charge in [0, 0.05) is 16.5 Å². The molecule has 0 atom stereocenters. The molecule has 0 amide bonds. The number of benzene rings is 4. The summed E-state index contributed by atoms with van der Waals surface area (Å²) in [6.45, 7) is 0. The molecule has 0 unspecified atom stereocenters. The number of methoxy groups -OCH3 is 1. The molecule has 2 aromatic heterocycles. The fourth-order valence-electron chi connectivity index (χ4n) is 4.62. The average Bonchev–Trinajstić information content (AvgIpc) is 3.33. The summed E-state index contributed by atoms with van der Waals surface area (Å²) < 4.78 is 5.35. The number of fused-ring (bicyclic) bond motifs is 1. The van der Waals surface area contributed by atoms with Gasteiger partial charge in [0.1, 0.15) is 15.5 Å². The first kappa shape index (κ1) is 23.6. The van der Waals surface area contributed by atoms with Gasteiger partial charge in [-0.2, -0.15) is 0 Å². The van der Waals surface area contributed by atoms with E-state index < -0.39 is 0 Å². The Labute approximate surface area is 225 Å². The SMILES string of the molecule is COc1ccc(-c2cc(-c3ccccc3)nc3sc(C(=O)c4ccc(-c5ccccc5)cc4)c(N)c23)cc1. The van der Waals surface area contributed by atoms with Gasteiger partial charge >= 0.3 is 0 Å². The maximum absolute atomic E-state index is 13.7. The number of rotatable bonds is 6. The van der Waals surface area contributed by atoms with E-state index in [1.807, 2.05) is 103 Å². The van der Waals surface area contributed by atoms with Crippen LogP contribution in [0.15, 0.2) is 115 Å². The van der Waals surface area contributed by atoms with E-state index in [9.17, 15) is 4.79 Å². The average molecular weight is 513 g/mol. The van der Waals surface area contributed by atoms with Crippen LogP contribution >= 0.6 is 11.3 Å². The van der Waals surface area contributed by atoms with E-state index in [-0.39, 0.29) is 5.78 Å². The minimum Gasteiger partial charge on any atom is -0.497 e. The Bertz CT molecular complexity index is 1740. The van der Waals surface area contributed by atoms with Crippen LogP contribution in [0.3, 0.4) is 0 Å². The molecule has 0 aliphatic heterocycles. The lowest BCUT2D eigenvalue weighted by Crippen LogP contribution is -2.02. The van der Waals surface area contributed by atoms with Gasteiger partial charge in [-0.05, 0) is 40.5 Å². The zero-order valence-corrected chi connectivity index (χ0v) is 21.5. The molecule has 0 fully saturated rings. The number of anilines is 1. The first-order valence-corrected chi connectivity index (χ1v) is 13.1. The van der Waals surface area contributed by atoms with Crippen LogP contribution in [0.4, 0.5) is 5.69 Å². The number of ether oxygens (including phenoxy) is 1. The third kappa shape index (κ3) is 4.33. The van der Waals surface area contributed by atoms with Crippen molar-refractivity contribution in [2.75, 3.05) is 12.8 Å². The summed E-state index contributed by atoms with van der Waals surface area (Å²) in [4.78, 5) is 19.8. The minimum atomic E-state index is -0.105. The van der Waals surface area contributed by atoms with E-state index in [1.54, 1.807) is 7.11 Å². The van der Waals surface area contributed by atoms with Crippen molar-refractivity contribution < 1.29 is 9.53 Å². The normalized spacial score (nSPS) is 11.0. The zero-order valence-electron chi connectivity index (χ0n) is 20.7. The molecule has 4 aromatic carbocycles. The minimum absolute atomic E-state index is 0.105. The molecule has 2 N–H and O–H groups in total. The van der Waals surface area contributed by atoms with Crippen molar-refractivity contribution in [2.24, 2.45) is 0 Å². The maximum Gasteiger partial charge on any atom is 0.205 e. The molecular formula is C33H24N2O2S. The lowest BCUT2D eigenvalue weighted by Gasteiger charge is -2.10. The second kappa shape index (κ2) is 9.96. The Kier molecular flexibility index (Phi) is 6.20. The summed E-state index contributed by atoms with van der Waals surface area (Å²) in [5.41, 5.74) is 13.7. The predicted octanol–water partition coefficient (Wildman–Crippen LogP) is 8.12. The Morgan fingerprint density at radius 3 is 1.95 bits per heavy atom. The van der Waals surface area contributed by atoms with Gasteiger partial charge in [-0.1, -0.05) is 97.1 Å². The molecule has 0 radical (unpaired) electrons. The number of ketones is 1. The van der Waals surface area contributed by atoms with E-state index >= 15 is 0 Å². The highest BCUT2D eigenvalue weighted by atomic mass is 32.1. The second-order valence-electron chi connectivity index (χ2n) is 8.95. The lowest BCUT2D eigenvalue weighted by atomic mass is 9.98. The van der Waals surface area contributed by atoms with E-state index in [1.165, 1.54) is 11.3 Å². The summed E-state index contributed by atoms with van der Waals surface area (Å²) in [6.07, 6.45) is 0. The van der Waals surface area contributed by atoms with Gasteiger partial charge in [0.25, 0.3) is 0 Å². The number of nitrogens with zero attached hydrogens (tertiary/aromatic N) is 1. The smallest absolute Gasteiger partial charge is 0.205 e. The largest absolute Gasteiger partial charge is 0.497 e. The maximum atomic E-state index is 13.7. The fraction of sp³-hybridized carbons (Fsp3) is 0.0303. The molecule has 6 rings (SSSR count). The number of carbonyl (C=O) groups excluding carboxylic acids is 1. The van der Waals surface area contributed by atoms with Crippen LogP contribution in [0.5, 0.6) is 5.75 Å². The highest BCUT2D eigenvalue weighted by molar-refractivity contribution is 7.21. The third-order valence-electron chi connectivity index (χ3n) is 6.63. The van der Waals surface area contributed by atoms with Crippen molar-refractivity contribution in [3.05, 3.63) is 126 Å². The topological polar surface area (TPSA) is 65.2 Å². The van der Waals surface area contributed by atoms with Gasteiger partial charge < -0.3 is 10.5 Å². The van der Waals surface area contributed by atoms with Crippen LogP contribution in [0, 0.1) is 0 Å². The first-order valence-electron chi connectivity index (χ1n) is 12.3. The van der Waals surface area contributed by atoms with Gasteiger partial charge in [-0.15, -0.1) is 11.3 Å². The van der Waals surface area contributed by atoms with Crippen LogP contribution in [0.2, 0.25) is 0 Å². The Balaban J connectivity index is 1.47. The van der Waals surface area contributed by atoms with E-state index in [2.05, 4.69) is 12.1 Å².